The lowest BCUT2D eigenvalue weighted by Gasteiger charge is -2.39. The van der Waals surface area contributed by atoms with Gasteiger partial charge in [-0.05, 0) is 31.0 Å². The maximum absolute atomic E-state index is 12.4. The Morgan fingerprint density at radius 3 is 3.08 bits per heavy atom. The number of hydrogen-bond donors (Lipinski definition) is 1. The third kappa shape index (κ3) is 4.96. The molecule has 1 atom stereocenters. The van der Waals surface area contributed by atoms with Crippen molar-refractivity contribution in [2.75, 3.05) is 19.7 Å². The first-order valence-electron chi connectivity index (χ1n) is 8.38. The van der Waals surface area contributed by atoms with Crippen molar-refractivity contribution in [1.82, 2.24) is 14.5 Å². The minimum Gasteiger partial charge on any atom is -0.490 e. The van der Waals surface area contributed by atoms with E-state index in [1.54, 1.807) is 41.7 Å². The van der Waals surface area contributed by atoms with Gasteiger partial charge in [0.05, 0.1) is 12.9 Å². The Morgan fingerprint density at radius 2 is 2.32 bits per heavy atom. The highest BCUT2D eigenvalue weighted by molar-refractivity contribution is 6.30. The van der Waals surface area contributed by atoms with Crippen LogP contribution in [0.15, 0.2) is 43.0 Å². The number of nitrogens with zero attached hydrogens (tertiary/aromatic N) is 3. The van der Waals surface area contributed by atoms with Gasteiger partial charge in [0, 0.05) is 36.9 Å². The fourth-order valence-corrected chi connectivity index (χ4v) is 3.20. The molecule has 6 nitrogen and oxygen atoms in total. The first-order valence-corrected chi connectivity index (χ1v) is 8.76. The molecule has 2 aromatic rings. The van der Waals surface area contributed by atoms with Crippen LogP contribution in [0.5, 0.6) is 5.75 Å². The lowest BCUT2D eigenvalue weighted by molar-refractivity contribution is -0.140. The molecule has 1 aromatic heterocycles. The van der Waals surface area contributed by atoms with Crippen molar-refractivity contribution in [2.45, 2.75) is 31.4 Å². The third-order valence-electron chi connectivity index (χ3n) is 4.35. The molecule has 134 valence electrons. The van der Waals surface area contributed by atoms with Crippen LogP contribution in [-0.4, -0.2) is 50.8 Å². The predicted octanol–water partition coefficient (Wildman–Crippen LogP) is 2.36. The summed E-state index contributed by atoms with van der Waals surface area (Å²) in [5, 5.41) is 11.4. The average Bonchev–Trinajstić information content (AvgIpc) is 3.12. The summed E-state index contributed by atoms with van der Waals surface area (Å²) in [7, 11) is 0. The summed E-state index contributed by atoms with van der Waals surface area (Å²) in [5.41, 5.74) is -1.04. The molecule has 3 rings (SSSR count). The Balaban J connectivity index is 1.52. The monoisotopic (exact) mass is 363 g/mol. The van der Waals surface area contributed by atoms with Gasteiger partial charge in [-0.1, -0.05) is 17.7 Å². The van der Waals surface area contributed by atoms with Crippen LogP contribution >= 0.6 is 11.6 Å². The SMILES string of the molecule is O=C(CCn1ccnc1)N1CCCC(O)(COc2cccc(Cl)c2)C1. The van der Waals surface area contributed by atoms with Crippen molar-refractivity contribution in [3.63, 3.8) is 0 Å². The minimum absolute atomic E-state index is 0.0366. The molecule has 1 fully saturated rings. The molecule has 1 aliphatic heterocycles. The smallest absolute Gasteiger partial charge is 0.224 e. The Bertz CT molecular complexity index is 707. The van der Waals surface area contributed by atoms with Gasteiger partial charge in [0.15, 0.2) is 0 Å². The van der Waals surface area contributed by atoms with Gasteiger partial charge in [-0.3, -0.25) is 4.79 Å². The lowest BCUT2D eigenvalue weighted by Crippen LogP contribution is -2.53. The first-order chi connectivity index (χ1) is 12.0. The van der Waals surface area contributed by atoms with Crippen molar-refractivity contribution in [1.29, 1.82) is 0 Å². The number of benzene rings is 1. The highest BCUT2D eigenvalue weighted by Gasteiger charge is 2.35. The Labute approximate surface area is 152 Å². The number of carbonyl (C=O) groups excluding carboxylic acids is 1. The molecule has 25 heavy (non-hydrogen) atoms. The molecule has 0 saturated carbocycles. The Hall–Kier alpha value is -2.05. The summed E-state index contributed by atoms with van der Waals surface area (Å²) in [6, 6.07) is 7.08. The van der Waals surface area contributed by atoms with Crippen molar-refractivity contribution >= 4 is 17.5 Å². The molecule has 1 N–H and O–H groups in total. The van der Waals surface area contributed by atoms with Crippen molar-refractivity contribution in [3.05, 3.63) is 48.0 Å². The van der Waals surface area contributed by atoms with Gasteiger partial charge in [0.25, 0.3) is 0 Å². The van der Waals surface area contributed by atoms with E-state index >= 15 is 0 Å². The summed E-state index contributed by atoms with van der Waals surface area (Å²) in [6.07, 6.45) is 6.97. The van der Waals surface area contributed by atoms with Gasteiger partial charge in [0.1, 0.15) is 18.0 Å². The number of rotatable bonds is 6. The highest BCUT2D eigenvalue weighted by atomic mass is 35.5. The number of likely N-dealkylation sites (tertiary alicyclic amines) is 1. The number of amides is 1. The molecule has 0 aliphatic carbocycles. The molecule has 2 heterocycles. The number of hydrogen-bond acceptors (Lipinski definition) is 4. The van der Waals surface area contributed by atoms with Crippen LogP contribution in [0.25, 0.3) is 0 Å². The molecule has 1 aliphatic rings. The first kappa shape index (κ1) is 17.8. The average molecular weight is 364 g/mol. The van der Waals surface area contributed by atoms with Crippen molar-refractivity contribution in [2.24, 2.45) is 0 Å². The van der Waals surface area contributed by atoms with Crippen LogP contribution in [0.1, 0.15) is 19.3 Å². The molecule has 1 saturated heterocycles. The fraction of sp³-hybridized carbons (Fsp3) is 0.444. The van der Waals surface area contributed by atoms with Crippen molar-refractivity contribution in [3.8, 4) is 5.75 Å². The summed E-state index contributed by atoms with van der Waals surface area (Å²) < 4.78 is 7.56. The van der Waals surface area contributed by atoms with E-state index in [1.807, 2.05) is 10.8 Å². The molecule has 1 unspecified atom stereocenters. The minimum atomic E-state index is -1.04. The van der Waals surface area contributed by atoms with Crippen LogP contribution < -0.4 is 4.74 Å². The fourth-order valence-electron chi connectivity index (χ4n) is 3.02. The second-order valence-electron chi connectivity index (χ2n) is 6.44. The standard InChI is InChI=1S/C18H22ClN3O3/c19-15-3-1-4-16(11-15)25-13-18(24)6-2-8-22(12-18)17(23)5-9-21-10-7-20-14-21/h1,3-4,7,10-11,14,24H,2,5-6,8-9,12-13H2. The Kier molecular flexibility index (Phi) is 5.60. The van der Waals surface area contributed by atoms with Crippen LogP contribution in [0.2, 0.25) is 5.02 Å². The van der Waals surface area contributed by atoms with Crippen LogP contribution in [0, 0.1) is 0 Å². The van der Waals surface area contributed by atoms with Crippen LogP contribution in [0.4, 0.5) is 0 Å². The van der Waals surface area contributed by atoms with E-state index in [4.69, 9.17) is 16.3 Å². The molecular weight excluding hydrogens is 342 g/mol. The molecule has 1 aromatic carbocycles. The number of aromatic nitrogens is 2. The predicted molar refractivity (Wildman–Crippen MR) is 94.6 cm³/mol. The number of β-amino-alcohol motifs (C(OH)–C–C–N with tert-alkyl or cyclic N) is 1. The second-order valence-corrected chi connectivity index (χ2v) is 6.88. The van der Waals surface area contributed by atoms with Gasteiger partial charge >= 0.3 is 0 Å². The van der Waals surface area contributed by atoms with E-state index in [2.05, 4.69) is 4.98 Å². The third-order valence-corrected chi connectivity index (χ3v) is 4.59. The molecule has 0 spiro atoms. The van der Waals surface area contributed by atoms with Crippen molar-refractivity contribution < 1.29 is 14.6 Å². The van der Waals surface area contributed by atoms with E-state index in [0.717, 1.165) is 6.42 Å². The van der Waals surface area contributed by atoms with E-state index in [-0.39, 0.29) is 19.1 Å². The van der Waals surface area contributed by atoms with Crippen LogP contribution in [0.3, 0.4) is 0 Å². The molecule has 1 amide bonds. The zero-order chi connectivity index (χ0) is 17.7. The summed E-state index contributed by atoms with van der Waals surface area (Å²) in [6.45, 7) is 1.68. The number of imidazole rings is 1. The van der Waals surface area contributed by atoms with Gasteiger partial charge in [-0.25, -0.2) is 4.98 Å². The zero-order valence-electron chi connectivity index (χ0n) is 14.0. The topological polar surface area (TPSA) is 67.6 Å². The lowest BCUT2D eigenvalue weighted by atomic mass is 9.93. The molecular formula is C18H22ClN3O3. The molecule has 0 radical (unpaired) electrons. The molecule has 0 bridgehead atoms. The number of piperidine rings is 1. The number of ether oxygens (including phenoxy) is 1. The Morgan fingerprint density at radius 1 is 1.44 bits per heavy atom. The van der Waals surface area contributed by atoms with E-state index in [0.29, 0.717) is 36.7 Å². The van der Waals surface area contributed by atoms with Gasteiger partial charge in [-0.2, -0.15) is 0 Å². The second kappa shape index (κ2) is 7.89. The quantitative estimate of drug-likeness (QED) is 0.855. The number of aryl methyl sites for hydroxylation is 1. The van der Waals surface area contributed by atoms with E-state index in [1.165, 1.54) is 0 Å². The number of halogens is 1. The number of carbonyl (C=O) groups is 1. The van der Waals surface area contributed by atoms with E-state index < -0.39 is 5.60 Å². The summed E-state index contributed by atoms with van der Waals surface area (Å²) in [5.74, 6) is 0.652. The molecule has 7 heteroatoms. The largest absolute Gasteiger partial charge is 0.490 e. The van der Waals surface area contributed by atoms with Crippen LogP contribution in [-0.2, 0) is 11.3 Å². The number of aliphatic hydroxyl groups is 1. The van der Waals surface area contributed by atoms with Gasteiger partial charge in [-0.15, -0.1) is 0 Å². The summed E-state index contributed by atoms with van der Waals surface area (Å²) in [4.78, 5) is 18.1. The summed E-state index contributed by atoms with van der Waals surface area (Å²) >= 11 is 5.94. The maximum Gasteiger partial charge on any atom is 0.224 e. The van der Waals surface area contributed by atoms with Gasteiger partial charge in [0.2, 0.25) is 5.91 Å². The zero-order valence-corrected chi connectivity index (χ0v) is 14.7. The highest BCUT2D eigenvalue weighted by Crippen LogP contribution is 2.24. The maximum atomic E-state index is 12.4. The van der Waals surface area contributed by atoms with E-state index in [9.17, 15) is 9.90 Å². The van der Waals surface area contributed by atoms with Gasteiger partial charge < -0.3 is 19.3 Å². The normalized spacial score (nSPS) is 20.5.